The summed E-state index contributed by atoms with van der Waals surface area (Å²) < 4.78 is 5.70. The maximum Gasteiger partial charge on any atom is 0.219 e. The summed E-state index contributed by atoms with van der Waals surface area (Å²) in [7, 11) is 0. The van der Waals surface area contributed by atoms with Crippen LogP contribution in [-0.4, -0.2) is 15.2 Å². The summed E-state index contributed by atoms with van der Waals surface area (Å²) in [5.41, 5.74) is 1.65. The number of hydrogen-bond acceptors (Lipinski definition) is 4. The molecule has 4 heteroatoms. The van der Waals surface area contributed by atoms with Crippen LogP contribution >= 0.6 is 0 Å². The van der Waals surface area contributed by atoms with Gasteiger partial charge in [0.1, 0.15) is 5.69 Å². The third-order valence-corrected chi connectivity index (χ3v) is 2.64. The van der Waals surface area contributed by atoms with E-state index < -0.39 is 0 Å². The second-order valence-corrected chi connectivity index (χ2v) is 3.93. The Bertz CT molecular complexity index is 697. The fraction of sp³-hybridized carbons (Fsp3) is 0.0714. The Kier molecular flexibility index (Phi) is 2.61. The Hall–Kier alpha value is -2.49. The number of aromatic nitrogens is 3. The zero-order valence-corrected chi connectivity index (χ0v) is 9.87. The van der Waals surface area contributed by atoms with Gasteiger partial charge in [-0.05, 0) is 19.1 Å². The molecule has 0 bridgehead atoms. The highest BCUT2D eigenvalue weighted by Crippen LogP contribution is 2.23. The average Bonchev–Trinajstić information content (AvgIpc) is 2.41. The molecule has 1 aromatic carbocycles. The van der Waals surface area contributed by atoms with E-state index >= 15 is 0 Å². The number of benzene rings is 1. The van der Waals surface area contributed by atoms with Crippen LogP contribution in [0, 0.1) is 6.92 Å². The Morgan fingerprint density at radius 2 is 1.89 bits per heavy atom. The summed E-state index contributed by atoms with van der Waals surface area (Å²) in [4.78, 5) is 4.44. The molecule has 0 aliphatic rings. The standard InChI is InChI=1S/C14H11N3O/c1-10-13(8-9-15-17-10)18-14-7-6-11-4-2-3-5-12(11)16-14/h2-9H,1H3. The van der Waals surface area contributed by atoms with Crippen molar-refractivity contribution in [3.63, 3.8) is 0 Å². The van der Waals surface area contributed by atoms with Crippen LogP contribution in [0.5, 0.6) is 11.6 Å². The highest BCUT2D eigenvalue weighted by molar-refractivity contribution is 5.78. The molecule has 0 unspecified atom stereocenters. The zero-order valence-electron chi connectivity index (χ0n) is 9.87. The molecular weight excluding hydrogens is 226 g/mol. The summed E-state index contributed by atoms with van der Waals surface area (Å²) in [6.45, 7) is 1.85. The summed E-state index contributed by atoms with van der Waals surface area (Å²) in [5.74, 6) is 1.23. The number of nitrogens with zero attached hydrogens (tertiary/aromatic N) is 3. The van der Waals surface area contributed by atoms with Crippen molar-refractivity contribution in [3.05, 3.63) is 54.4 Å². The van der Waals surface area contributed by atoms with E-state index in [4.69, 9.17) is 4.74 Å². The molecule has 0 saturated carbocycles. The van der Waals surface area contributed by atoms with Crippen LogP contribution in [0.25, 0.3) is 10.9 Å². The molecule has 2 aromatic heterocycles. The van der Waals surface area contributed by atoms with Gasteiger partial charge in [0.25, 0.3) is 0 Å². The summed E-state index contributed by atoms with van der Waals surface area (Å²) in [6, 6.07) is 13.5. The van der Waals surface area contributed by atoms with Crippen molar-refractivity contribution in [2.75, 3.05) is 0 Å². The Morgan fingerprint density at radius 3 is 2.78 bits per heavy atom. The van der Waals surface area contributed by atoms with Gasteiger partial charge in [-0.1, -0.05) is 18.2 Å². The summed E-state index contributed by atoms with van der Waals surface area (Å²) in [5, 5.41) is 8.81. The molecule has 18 heavy (non-hydrogen) atoms. The molecule has 4 nitrogen and oxygen atoms in total. The van der Waals surface area contributed by atoms with Crippen LogP contribution in [0.1, 0.15) is 5.69 Å². The monoisotopic (exact) mass is 237 g/mol. The number of aryl methyl sites for hydroxylation is 1. The van der Waals surface area contributed by atoms with Crippen LogP contribution in [0.2, 0.25) is 0 Å². The minimum Gasteiger partial charge on any atom is -0.437 e. The molecule has 3 rings (SSSR count). The molecule has 0 spiro atoms. The van der Waals surface area contributed by atoms with Gasteiger partial charge >= 0.3 is 0 Å². The van der Waals surface area contributed by atoms with E-state index in [-0.39, 0.29) is 0 Å². The average molecular weight is 237 g/mol. The fourth-order valence-corrected chi connectivity index (χ4v) is 1.72. The fourth-order valence-electron chi connectivity index (χ4n) is 1.72. The number of para-hydroxylation sites is 1. The van der Waals surface area contributed by atoms with Gasteiger partial charge in [-0.2, -0.15) is 10.2 Å². The number of ether oxygens (including phenoxy) is 1. The van der Waals surface area contributed by atoms with Crippen LogP contribution in [0.4, 0.5) is 0 Å². The number of fused-ring (bicyclic) bond motifs is 1. The van der Waals surface area contributed by atoms with E-state index in [0.29, 0.717) is 11.6 Å². The second-order valence-electron chi connectivity index (χ2n) is 3.93. The van der Waals surface area contributed by atoms with Crippen molar-refractivity contribution in [3.8, 4) is 11.6 Å². The van der Waals surface area contributed by atoms with Gasteiger partial charge in [-0.15, -0.1) is 0 Å². The molecule has 2 heterocycles. The Balaban J connectivity index is 1.98. The van der Waals surface area contributed by atoms with Crippen LogP contribution < -0.4 is 4.74 Å². The maximum absolute atomic E-state index is 5.70. The third kappa shape index (κ3) is 2.00. The quantitative estimate of drug-likeness (QED) is 0.687. The molecular formula is C14H11N3O. The second kappa shape index (κ2) is 4.41. The molecule has 0 atom stereocenters. The molecule has 88 valence electrons. The van der Waals surface area contributed by atoms with E-state index in [2.05, 4.69) is 15.2 Å². The molecule has 0 amide bonds. The normalized spacial score (nSPS) is 10.5. The Labute approximate surface area is 104 Å². The zero-order chi connectivity index (χ0) is 12.4. The first-order valence-electron chi connectivity index (χ1n) is 5.65. The predicted octanol–water partition coefficient (Wildman–Crippen LogP) is 3.13. The van der Waals surface area contributed by atoms with Crippen molar-refractivity contribution >= 4 is 10.9 Å². The third-order valence-electron chi connectivity index (χ3n) is 2.64. The largest absolute Gasteiger partial charge is 0.437 e. The first-order chi connectivity index (χ1) is 8.83. The molecule has 0 N–H and O–H groups in total. The minimum atomic E-state index is 0.560. The topological polar surface area (TPSA) is 47.9 Å². The predicted molar refractivity (Wildman–Crippen MR) is 68.6 cm³/mol. The minimum absolute atomic E-state index is 0.560. The lowest BCUT2D eigenvalue weighted by Gasteiger charge is -2.06. The van der Waals surface area contributed by atoms with Gasteiger partial charge < -0.3 is 4.74 Å². The van der Waals surface area contributed by atoms with E-state index in [1.807, 2.05) is 43.3 Å². The number of hydrogen-bond donors (Lipinski definition) is 0. The molecule has 0 radical (unpaired) electrons. The van der Waals surface area contributed by atoms with Gasteiger partial charge in [-0.25, -0.2) is 4.98 Å². The maximum atomic E-state index is 5.70. The van der Waals surface area contributed by atoms with E-state index in [0.717, 1.165) is 16.6 Å². The van der Waals surface area contributed by atoms with E-state index in [1.54, 1.807) is 12.3 Å². The van der Waals surface area contributed by atoms with Crippen LogP contribution in [0.3, 0.4) is 0 Å². The van der Waals surface area contributed by atoms with Gasteiger partial charge in [0.05, 0.1) is 11.7 Å². The first-order valence-corrected chi connectivity index (χ1v) is 5.65. The van der Waals surface area contributed by atoms with Crippen LogP contribution in [0.15, 0.2) is 48.7 Å². The van der Waals surface area contributed by atoms with Crippen molar-refractivity contribution in [1.29, 1.82) is 0 Å². The summed E-state index contributed by atoms with van der Waals surface area (Å²) >= 11 is 0. The van der Waals surface area contributed by atoms with Crippen LogP contribution in [-0.2, 0) is 0 Å². The Morgan fingerprint density at radius 1 is 1.00 bits per heavy atom. The van der Waals surface area contributed by atoms with Crippen molar-refractivity contribution in [1.82, 2.24) is 15.2 Å². The molecule has 3 aromatic rings. The lowest BCUT2D eigenvalue weighted by molar-refractivity contribution is 0.456. The molecule has 0 aliphatic carbocycles. The SMILES string of the molecule is Cc1nnccc1Oc1ccc2ccccc2n1. The molecule has 0 aliphatic heterocycles. The van der Waals surface area contributed by atoms with Gasteiger partial charge in [0.2, 0.25) is 5.88 Å². The highest BCUT2D eigenvalue weighted by atomic mass is 16.5. The van der Waals surface area contributed by atoms with E-state index in [1.165, 1.54) is 0 Å². The highest BCUT2D eigenvalue weighted by Gasteiger charge is 2.04. The number of pyridine rings is 1. The lowest BCUT2D eigenvalue weighted by atomic mass is 10.2. The lowest BCUT2D eigenvalue weighted by Crippen LogP contribution is -1.93. The van der Waals surface area contributed by atoms with Gasteiger partial charge in [0.15, 0.2) is 5.75 Å². The first kappa shape index (κ1) is 10.7. The van der Waals surface area contributed by atoms with Crippen molar-refractivity contribution in [2.24, 2.45) is 0 Å². The van der Waals surface area contributed by atoms with Crippen molar-refractivity contribution in [2.45, 2.75) is 6.92 Å². The van der Waals surface area contributed by atoms with Gasteiger partial charge in [0, 0.05) is 17.5 Å². The van der Waals surface area contributed by atoms with Gasteiger partial charge in [-0.3, -0.25) is 0 Å². The molecule has 0 saturated heterocycles. The molecule has 0 fully saturated rings. The van der Waals surface area contributed by atoms with Crippen molar-refractivity contribution < 1.29 is 4.74 Å². The number of rotatable bonds is 2. The smallest absolute Gasteiger partial charge is 0.219 e. The van der Waals surface area contributed by atoms with E-state index in [9.17, 15) is 0 Å². The summed E-state index contributed by atoms with van der Waals surface area (Å²) in [6.07, 6.45) is 1.60.